The van der Waals surface area contributed by atoms with Gasteiger partial charge in [-0.1, -0.05) is 6.42 Å². The molecule has 18 heavy (non-hydrogen) atoms. The third-order valence-electron chi connectivity index (χ3n) is 4.34. The Morgan fingerprint density at radius 3 is 2.94 bits per heavy atom. The minimum atomic E-state index is 0.453. The molecule has 100 valence electrons. The van der Waals surface area contributed by atoms with Gasteiger partial charge in [-0.05, 0) is 57.3 Å². The van der Waals surface area contributed by atoms with E-state index < -0.39 is 0 Å². The fourth-order valence-corrected chi connectivity index (χ4v) is 3.15. The highest BCUT2D eigenvalue weighted by Gasteiger charge is 2.32. The summed E-state index contributed by atoms with van der Waals surface area (Å²) in [6, 6.07) is 5.40. The van der Waals surface area contributed by atoms with Crippen molar-refractivity contribution in [3.63, 3.8) is 0 Å². The van der Waals surface area contributed by atoms with Crippen molar-refractivity contribution in [1.29, 1.82) is 0 Å². The van der Waals surface area contributed by atoms with Crippen LogP contribution in [0, 0.1) is 5.92 Å². The Balaban J connectivity index is 1.72. The van der Waals surface area contributed by atoms with Crippen LogP contribution in [-0.4, -0.2) is 31.1 Å². The summed E-state index contributed by atoms with van der Waals surface area (Å²) >= 11 is 0. The molecule has 1 aromatic heterocycles. The Morgan fingerprint density at radius 1 is 1.33 bits per heavy atom. The van der Waals surface area contributed by atoms with Gasteiger partial charge in [0.05, 0.1) is 12.3 Å². The van der Waals surface area contributed by atoms with Crippen LogP contribution in [0.25, 0.3) is 0 Å². The maximum atomic E-state index is 5.68. The minimum Gasteiger partial charge on any atom is -0.468 e. The van der Waals surface area contributed by atoms with Gasteiger partial charge in [0.25, 0.3) is 0 Å². The van der Waals surface area contributed by atoms with E-state index in [4.69, 9.17) is 4.42 Å². The van der Waals surface area contributed by atoms with Crippen LogP contribution in [-0.2, 0) is 0 Å². The molecule has 3 heteroatoms. The van der Waals surface area contributed by atoms with Gasteiger partial charge in [0.2, 0.25) is 0 Å². The largest absolute Gasteiger partial charge is 0.468 e. The van der Waals surface area contributed by atoms with E-state index in [0.29, 0.717) is 12.0 Å². The number of nitrogens with zero attached hydrogens (tertiary/aromatic N) is 1. The van der Waals surface area contributed by atoms with Crippen molar-refractivity contribution in [3.8, 4) is 0 Å². The van der Waals surface area contributed by atoms with Crippen LogP contribution in [0.5, 0.6) is 0 Å². The number of rotatable bonds is 4. The van der Waals surface area contributed by atoms with Crippen LogP contribution < -0.4 is 5.32 Å². The number of hydrogen-bond acceptors (Lipinski definition) is 3. The SMILES string of the molecule is CN1CCCCC(CNC2CC2)C1c1ccco1. The van der Waals surface area contributed by atoms with E-state index >= 15 is 0 Å². The summed E-state index contributed by atoms with van der Waals surface area (Å²) in [5.41, 5.74) is 0. The molecule has 3 nitrogen and oxygen atoms in total. The molecule has 2 heterocycles. The second-order valence-electron chi connectivity index (χ2n) is 5.88. The lowest BCUT2D eigenvalue weighted by Gasteiger charge is -2.31. The molecular weight excluding hydrogens is 224 g/mol. The normalized spacial score (nSPS) is 30.3. The molecule has 0 aromatic carbocycles. The Bertz CT molecular complexity index is 359. The van der Waals surface area contributed by atoms with Crippen LogP contribution in [0.15, 0.2) is 22.8 Å². The lowest BCUT2D eigenvalue weighted by Crippen LogP contribution is -2.35. The van der Waals surface area contributed by atoms with Gasteiger partial charge in [-0.25, -0.2) is 0 Å². The number of nitrogens with one attached hydrogen (secondary N) is 1. The Labute approximate surface area is 110 Å². The third kappa shape index (κ3) is 2.78. The first kappa shape index (κ1) is 12.2. The molecule has 2 atom stereocenters. The smallest absolute Gasteiger partial charge is 0.121 e. The van der Waals surface area contributed by atoms with E-state index in [9.17, 15) is 0 Å². The average molecular weight is 248 g/mol. The first-order chi connectivity index (χ1) is 8.84. The maximum absolute atomic E-state index is 5.68. The average Bonchev–Trinajstić information content (AvgIpc) is 3.09. The van der Waals surface area contributed by atoms with Crippen molar-refractivity contribution in [1.82, 2.24) is 10.2 Å². The Hall–Kier alpha value is -0.800. The quantitative estimate of drug-likeness (QED) is 0.888. The van der Waals surface area contributed by atoms with Gasteiger partial charge in [0.1, 0.15) is 5.76 Å². The number of furan rings is 1. The van der Waals surface area contributed by atoms with Gasteiger partial charge < -0.3 is 9.73 Å². The molecule has 0 bridgehead atoms. The minimum absolute atomic E-state index is 0.453. The molecule has 1 saturated heterocycles. The molecule has 3 rings (SSSR count). The van der Waals surface area contributed by atoms with Crippen molar-refractivity contribution in [2.75, 3.05) is 20.1 Å². The molecule has 2 unspecified atom stereocenters. The lowest BCUT2D eigenvalue weighted by atomic mass is 9.93. The van der Waals surface area contributed by atoms with Crippen LogP contribution in [0.1, 0.15) is 43.9 Å². The van der Waals surface area contributed by atoms with Crippen LogP contribution >= 0.6 is 0 Å². The van der Waals surface area contributed by atoms with E-state index in [1.54, 1.807) is 6.26 Å². The molecule has 1 aliphatic heterocycles. The third-order valence-corrected chi connectivity index (χ3v) is 4.34. The van der Waals surface area contributed by atoms with E-state index in [0.717, 1.165) is 18.3 Å². The zero-order chi connectivity index (χ0) is 12.4. The van der Waals surface area contributed by atoms with Crippen molar-refractivity contribution in [2.24, 2.45) is 5.92 Å². The molecule has 0 spiro atoms. The van der Waals surface area contributed by atoms with Crippen molar-refractivity contribution in [2.45, 2.75) is 44.2 Å². The predicted molar refractivity (Wildman–Crippen MR) is 72.4 cm³/mol. The Kier molecular flexibility index (Phi) is 3.71. The standard InChI is InChI=1S/C15H24N2O/c1-17-9-3-2-5-12(11-16-13-7-8-13)15(17)14-6-4-10-18-14/h4,6,10,12-13,15-16H,2-3,5,7-9,11H2,1H3. The highest BCUT2D eigenvalue weighted by molar-refractivity contribution is 5.07. The molecule has 2 fully saturated rings. The topological polar surface area (TPSA) is 28.4 Å². The van der Waals surface area contributed by atoms with E-state index in [2.05, 4.69) is 23.3 Å². The molecular formula is C15H24N2O. The Morgan fingerprint density at radius 2 is 2.22 bits per heavy atom. The second-order valence-corrected chi connectivity index (χ2v) is 5.88. The molecule has 1 aromatic rings. The summed E-state index contributed by atoms with van der Waals surface area (Å²) < 4.78 is 5.68. The van der Waals surface area contributed by atoms with Gasteiger partial charge in [-0.2, -0.15) is 0 Å². The highest BCUT2D eigenvalue weighted by Crippen LogP contribution is 2.34. The number of hydrogen-bond donors (Lipinski definition) is 1. The summed E-state index contributed by atoms with van der Waals surface area (Å²) in [7, 11) is 2.24. The van der Waals surface area contributed by atoms with Crippen molar-refractivity contribution < 1.29 is 4.42 Å². The van der Waals surface area contributed by atoms with E-state index in [1.807, 2.05) is 6.07 Å². The van der Waals surface area contributed by atoms with Crippen LogP contribution in [0.4, 0.5) is 0 Å². The summed E-state index contributed by atoms with van der Waals surface area (Å²) in [6.45, 7) is 2.33. The fraction of sp³-hybridized carbons (Fsp3) is 0.733. The van der Waals surface area contributed by atoms with Crippen molar-refractivity contribution >= 4 is 0 Å². The van der Waals surface area contributed by atoms with Crippen molar-refractivity contribution in [3.05, 3.63) is 24.2 Å². The monoisotopic (exact) mass is 248 g/mol. The maximum Gasteiger partial charge on any atom is 0.121 e. The van der Waals surface area contributed by atoms with Crippen LogP contribution in [0.2, 0.25) is 0 Å². The summed E-state index contributed by atoms with van der Waals surface area (Å²) in [4.78, 5) is 2.48. The molecule has 0 radical (unpaired) electrons. The molecule has 1 N–H and O–H groups in total. The summed E-state index contributed by atoms with van der Waals surface area (Å²) in [5.74, 6) is 1.83. The molecule has 1 saturated carbocycles. The first-order valence-corrected chi connectivity index (χ1v) is 7.31. The zero-order valence-corrected chi connectivity index (χ0v) is 11.3. The van der Waals surface area contributed by atoms with E-state index in [1.165, 1.54) is 38.6 Å². The van der Waals surface area contributed by atoms with Gasteiger partial charge >= 0.3 is 0 Å². The van der Waals surface area contributed by atoms with E-state index in [-0.39, 0.29) is 0 Å². The lowest BCUT2D eigenvalue weighted by molar-refractivity contribution is 0.163. The van der Waals surface area contributed by atoms with Crippen LogP contribution in [0.3, 0.4) is 0 Å². The summed E-state index contributed by atoms with van der Waals surface area (Å²) in [6.07, 6.45) is 8.52. The second kappa shape index (κ2) is 5.45. The predicted octanol–water partition coefficient (Wildman–Crippen LogP) is 2.80. The fourth-order valence-electron chi connectivity index (χ4n) is 3.15. The molecule has 2 aliphatic rings. The zero-order valence-electron chi connectivity index (χ0n) is 11.3. The number of likely N-dealkylation sites (tertiary alicyclic amines) is 1. The van der Waals surface area contributed by atoms with Gasteiger partial charge in [0, 0.05) is 12.6 Å². The van der Waals surface area contributed by atoms with Gasteiger partial charge in [0.15, 0.2) is 0 Å². The van der Waals surface area contributed by atoms with Gasteiger partial charge in [-0.3, -0.25) is 4.90 Å². The summed E-state index contributed by atoms with van der Waals surface area (Å²) in [5, 5.41) is 3.70. The first-order valence-electron chi connectivity index (χ1n) is 7.31. The molecule has 0 amide bonds. The molecule has 1 aliphatic carbocycles. The van der Waals surface area contributed by atoms with Gasteiger partial charge in [-0.15, -0.1) is 0 Å². The highest BCUT2D eigenvalue weighted by atomic mass is 16.3.